The number of alkyl carbamates (subject to hydrolysis) is 1. The number of amides is 2. The van der Waals surface area contributed by atoms with Gasteiger partial charge in [0.15, 0.2) is 0 Å². The lowest BCUT2D eigenvalue weighted by Gasteiger charge is -2.27. The quantitative estimate of drug-likeness (QED) is 0.413. The average molecular weight is 493 g/mol. The highest BCUT2D eigenvalue weighted by molar-refractivity contribution is 7.10. The maximum atomic E-state index is 13.3. The van der Waals surface area contributed by atoms with Gasteiger partial charge in [0.05, 0.1) is 6.42 Å². The van der Waals surface area contributed by atoms with E-state index in [4.69, 9.17) is 9.84 Å². The molecule has 1 aromatic heterocycles. The second-order valence-corrected chi connectivity index (χ2v) is 9.37. The molecule has 0 fully saturated rings. The Kier molecular flexibility index (Phi) is 7.82. The van der Waals surface area contributed by atoms with Crippen LogP contribution in [0.25, 0.3) is 11.1 Å². The third kappa shape index (κ3) is 5.54. The van der Waals surface area contributed by atoms with Gasteiger partial charge in [-0.15, -0.1) is 11.3 Å². The van der Waals surface area contributed by atoms with Crippen molar-refractivity contribution in [3.63, 3.8) is 0 Å². The highest BCUT2D eigenvalue weighted by Crippen LogP contribution is 2.44. The number of carbonyl (C=O) groups is 3. The Morgan fingerprint density at radius 3 is 2.23 bits per heavy atom. The van der Waals surface area contributed by atoms with E-state index in [2.05, 4.69) is 17.4 Å². The van der Waals surface area contributed by atoms with Gasteiger partial charge >= 0.3 is 12.1 Å². The van der Waals surface area contributed by atoms with Crippen LogP contribution in [-0.2, 0) is 14.3 Å². The van der Waals surface area contributed by atoms with E-state index in [0.717, 1.165) is 22.3 Å². The van der Waals surface area contributed by atoms with Crippen LogP contribution < -0.4 is 5.32 Å². The summed E-state index contributed by atoms with van der Waals surface area (Å²) in [7, 11) is 0. The first kappa shape index (κ1) is 24.5. The lowest BCUT2D eigenvalue weighted by atomic mass is 9.98. The normalized spacial score (nSPS) is 12.9. The standard InChI is InChI=1S/C27H28N2O5S/c1-2-14-29(15-13-24(30)31)26(32)25(23-12-7-16-35-23)28-27(33)34-17-22-20-10-5-3-8-18(20)19-9-4-6-11-21(19)22/h3-12,16,22,25H,2,13-15,17H2,1H3,(H,28,33)(H,30,31). The van der Waals surface area contributed by atoms with Crippen LogP contribution in [-0.4, -0.2) is 47.7 Å². The zero-order chi connectivity index (χ0) is 24.8. The van der Waals surface area contributed by atoms with E-state index >= 15 is 0 Å². The molecule has 1 atom stereocenters. The molecule has 0 aliphatic heterocycles. The van der Waals surface area contributed by atoms with Gasteiger partial charge in [0.25, 0.3) is 5.91 Å². The van der Waals surface area contributed by atoms with Gasteiger partial charge in [0.1, 0.15) is 12.6 Å². The van der Waals surface area contributed by atoms with Crippen LogP contribution in [0.1, 0.15) is 47.7 Å². The van der Waals surface area contributed by atoms with Crippen LogP contribution in [0.4, 0.5) is 4.79 Å². The first-order valence-corrected chi connectivity index (χ1v) is 12.5. The lowest BCUT2D eigenvalue weighted by Crippen LogP contribution is -2.44. The number of hydrogen-bond donors (Lipinski definition) is 2. The number of hydrogen-bond acceptors (Lipinski definition) is 5. The molecule has 0 saturated carbocycles. The minimum absolute atomic E-state index is 0.0796. The molecule has 2 aromatic carbocycles. The molecule has 1 aliphatic carbocycles. The molecule has 1 unspecified atom stereocenters. The number of ether oxygens (including phenoxy) is 1. The monoisotopic (exact) mass is 492 g/mol. The van der Waals surface area contributed by atoms with Crippen molar-refractivity contribution in [3.05, 3.63) is 82.0 Å². The summed E-state index contributed by atoms with van der Waals surface area (Å²) in [6.45, 7) is 2.54. The zero-order valence-corrected chi connectivity index (χ0v) is 20.3. The van der Waals surface area contributed by atoms with E-state index in [-0.39, 0.29) is 31.4 Å². The van der Waals surface area contributed by atoms with Crippen LogP contribution in [0.2, 0.25) is 0 Å². The number of carboxylic acids is 1. The van der Waals surface area contributed by atoms with Crippen LogP contribution in [0.3, 0.4) is 0 Å². The number of nitrogens with one attached hydrogen (secondary N) is 1. The predicted molar refractivity (Wildman–Crippen MR) is 134 cm³/mol. The van der Waals surface area contributed by atoms with Crippen molar-refractivity contribution >= 4 is 29.3 Å². The largest absolute Gasteiger partial charge is 0.481 e. The maximum Gasteiger partial charge on any atom is 0.408 e. The molecule has 35 heavy (non-hydrogen) atoms. The van der Waals surface area contributed by atoms with Crippen LogP contribution in [0.15, 0.2) is 66.0 Å². The van der Waals surface area contributed by atoms with E-state index in [0.29, 0.717) is 17.8 Å². The van der Waals surface area contributed by atoms with Crippen LogP contribution in [0, 0.1) is 0 Å². The van der Waals surface area contributed by atoms with Gasteiger partial charge in [0, 0.05) is 23.9 Å². The van der Waals surface area contributed by atoms with E-state index in [1.165, 1.54) is 16.2 Å². The molecule has 4 rings (SSSR count). The SMILES string of the molecule is CCCN(CCC(=O)O)C(=O)C(NC(=O)OCC1c2ccccc2-c2ccccc21)c1cccs1. The molecule has 1 aliphatic rings. The molecular weight excluding hydrogens is 464 g/mol. The number of thiophene rings is 1. The summed E-state index contributed by atoms with van der Waals surface area (Å²) in [6, 6.07) is 18.8. The second-order valence-electron chi connectivity index (χ2n) is 8.39. The number of aliphatic carboxylic acids is 1. The van der Waals surface area contributed by atoms with Crippen molar-refractivity contribution in [2.24, 2.45) is 0 Å². The van der Waals surface area contributed by atoms with Gasteiger partial charge < -0.3 is 20.1 Å². The smallest absolute Gasteiger partial charge is 0.408 e. The molecule has 0 saturated heterocycles. The Morgan fingerprint density at radius 1 is 1.00 bits per heavy atom. The number of carbonyl (C=O) groups excluding carboxylic acids is 2. The summed E-state index contributed by atoms with van der Waals surface area (Å²) >= 11 is 1.35. The fourth-order valence-corrected chi connectivity index (χ4v) is 5.25. The average Bonchev–Trinajstić information content (AvgIpc) is 3.50. The first-order valence-electron chi connectivity index (χ1n) is 11.6. The van der Waals surface area contributed by atoms with E-state index in [1.54, 1.807) is 12.1 Å². The predicted octanol–water partition coefficient (Wildman–Crippen LogP) is 5.04. The Morgan fingerprint density at radius 2 is 1.66 bits per heavy atom. The van der Waals surface area contributed by atoms with Crippen molar-refractivity contribution in [1.29, 1.82) is 0 Å². The van der Waals surface area contributed by atoms with E-state index in [1.807, 2.05) is 48.7 Å². The van der Waals surface area contributed by atoms with Gasteiger partial charge in [-0.25, -0.2) is 4.79 Å². The van der Waals surface area contributed by atoms with Crippen molar-refractivity contribution in [2.75, 3.05) is 19.7 Å². The molecule has 2 N–H and O–H groups in total. The van der Waals surface area contributed by atoms with E-state index in [9.17, 15) is 14.4 Å². The first-order chi connectivity index (χ1) is 17.0. The van der Waals surface area contributed by atoms with Gasteiger partial charge in [-0.05, 0) is 40.1 Å². The molecule has 0 spiro atoms. The van der Waals surface area contributed by atoms with Crippen molar-refractivity contribution < 1.29 is 24.2 Å². The molecule has 3 aromatic rings. The molecular formula is C27H28N2O5S. The molecule has 2 amide bonds. The number of carboxylic acid groups (broad SMARTS) is 1. The summed E-state index contributed by atoms with van der Waals surface area (Å²) in [4.78, 5) is 39.4. The molecule has 182 valence electrons. The Balaban J connectivity index is 1.47. The molecule has 0 bridgehead atoms. The third-order valence-electron chi connectivity index (χ3n) is 6.08. The second kappa shape index (κ2) is 11.2. The molecule has 7 nitrogen and oxygen atoms in total. The topological polar surface area (TPSA) is 95.9 Å². The highest BCUT2D eigenvalue weighted by Gasteiger charge is 2.31. The molecule has 1 heterocycles. The summed E-state index contributed by atoms with van der Waals surface area (Å²) in [5.41, 5.74) is 4.49. The highest BCUT2D eigenvalue weighted by atomic mass is 32.1. The minimum Gasteiger partial charge on any atom is -0.481 e. The zero-order valence-electron chi connectivity index (χ0n) is 19.5. The minimum atomic E-state index is -0.976. The molecule has 8 heteroatoms. The number of benzene rings is 2. The fraction of sp³-hybridized carbons (Fsp3) is 0.296. The number of nitrogens with zero attached hydrogens (tertiary/aromatic N) is 1. The Labute approximate surface area is 208 Å². The van der Waals surface area contributed by atoms with Crippen molar-refractivity contribution in [2.45, 2.75) is 31.7 Å². The third-order valence-corrected chi connectivity index (χ3v) is 7.02. The summed E-state index contributed by atoms with van der Waals surface area (Å²) in [5, 5.41) is 13.6. The van der Waals surface area contributed by atoms with Crippen LogP contribution in [0.5, 0.6) is 0 Å². The Hall–Kier alpha value is -3.65. The Bertz CT molecular complexity index is 1150. The van der Waals surface area contributed by atoms with Crippen molar-refractivity contribution in [3.8, 4) is 11.1 Å². The van der Waals surface area contributed by atoms with Gasteiger partial charge in [-0.3, -0.25) is 9.59 Å². The van der Waals surface area contributed by atoms with Crippen molar-refractivity contribution in [1.82, 2.24) is 10.2 Å². The van der Waals surface area contributed by atoms with E-state index < -0.39 is 18.1 Å². The molecule has 0 radical (unpaired) electrons. The number of rotatable bonds is 10. The maximum absolute atomic E-state index is 13.3. The number of fused-ring (bicyclic) bond motifs is 3. The summed E-state index contributed by atoms with van der Waals surface area (Å²) in [6.07, 6.45) is -0.172. The summed E-state index contributed by atoms with van der Waals surface area (Å²) < 4.78 is 5.65. The summed E-state index contributed by atoms with van der Waals surface area (Å²) in [5.74, 6) is -1.41. The lowest BCUT2D eigenvalue weighted by molar-refractivity contribution is -0.139. The fourth-order valence-electron chi connectivity index (χ4n) is 4.48. The van der Waals surface area contributed by atoms with Crippen LogP contribution >= 0.6 is 11.3 Å². The van der Waals surface area contributed by atoms with Gasteiger partial charge in [-0.2, -0.15) is 0 Å². The van der Waals surface area contributed by atoms with Gasteiger partial charge in [-0.1, -0.05) is 61.5 Å². The van der Waals surface area contributed by atoms with Gasteiger partial charge in [0.2, 0.25) is 0 Å².